The molecule has 0 aromatic carbocycles. The highest BCUT2D eigenvalue weighted by molar-refractivity contribution is 5.17. The van der Waals surface area contributed by atoms with Crippen molar-refractivity contribution in [3.05, 3.63) is 23.7 Å². The van der Waals surface area contributed by atoms with Crippen LogP contribution in [0.1, 0.15) is 39.0 Å². The maximum Gasteiger partial charge on any atom is 0.122 e. The Morgan fingerprint density at radius 2 is 2.10 bits per heavy atom. The van der Waals surface area contributed by atoms with E-state index in [1.54, 1.807) is 13.4 Å². The number of likely N-dealkylation sites (N-methyl/N-ethyl adjacent to an activating group) is 1. The molecule has 1 unspecified atom stereocenters. The Balaban J connectivity index is 2.55. The molecule has 1 aromatic heterocycles. The quantitative estimate of drug-likeness (QED) is 0.716. The topological polar surface area (TPSA) is 37.6 Å². The van der Waals surface area contributed by atoms with E-state index in [-0.39, 0.29) is 0 Å². The highest BCUT2D eigenvalue weighted by Crippen LogP contribution is 2.15. The predicted octanol–water partition coefficient (Wildman–Crippen LogP) is 2.88. The van der Waals surface area contributed by atoms with Gasteiger partial charge >= 0.3 is 0 Å². The number of rotatable bonds is 10. The first-order valence-corrected chi connectivity index (χ1v) is 7.57. The van der Waals surface area contributed by atoms with Crippen LogP contribution in [0.4, 0.5) is 0 Å². The molecule has 1 rings (SSSR count). The van der Waals surface area contributed by atoms with Crippen molar-refractivity contribution in [3.63, 3.8) is 0 Å². The number of hydrogen-bond acceptors (Lipinski definition) is 4. The molecule has 116 valence electrons. The average molecular weight is 282 g/mol. The van der Waals surface area contributed by atoms with Gasteiger partial charge in [-0.25, -0.2) is 0 Å². The highest BCUT2D eigenvalue weighted by Gasteiger charge is 2.15. The summed E-state index contributed by atoms with van der Waals surface area (Å²) in [5, 5.41) is 3.44. The van der Waals surface area contributed by atoms with Gasteiger partial charge in [0.15, 0.2) is 0 Å². The second-order valence-electron chi connectivity index (χ2n) is 5.76. The third-order valence-corrected chi connectivity index (χ3v) is 3.49. The SMILES string of the molecule is CCN(Cc1ccoc1CNCC(C)C)C(C)COC. The summed E-state index contributed by atoms with van der Waals surface area (Å²) in [6.45, 7) is 13.3. The van der Waals surface area contributed by atoms with Crippen molar-refractivity contribution in [2.24, 2.45) is 5.92 Å². The van der Waals surface area contributed by atoms with Crippen molar-refractivity contribution in [2.75, 3.05) is 26.8 Å². The van der Waals surface area contributed by atoms with E-state index in [9.17, 15) is 0 Å². The van der Waals surface area contributed by atoms with Crippen LogP contribution in [-0.2, 0) is 17.8 Å². The standard InChI is InChI=1S/C16H30N2O2/c1-6-18(14(4)12-19-5)11-15-7-8-20-16(15)10-17-9-13(2)3/h7-8,13-14,17H,6,9-12H2,1-5H3. The van der Waals surface area contributed by atoms with Crippen molar-refractivity contribution >= 4 is 0 Å². The van der Waals surface area contributed by atoms with Gasteiger partial charge in [-0.1, -0.05) is 20.8 Å². The molecule has 0 spiro atoms. The lowest BCUT2D eigenvalue weighted by molar-refractivity contribution is 0.0978. The fraction of sp³-hybridized carbons (Fsp3) is 0.750. The van der Waals surface area contributed by atoms with Crippen molar-refractivity contribution in [1.82, 2.24) is 10.2 Å². The molecule has 0 bridgehead atoms. The van der Waals surface area contributed by atoms with E-state index in [0.29, 0.717) is 12.0 Å². The molecular formula is C16H30N2O2. The van der Waals surface area contributed by atoms with Gasteiger partial charge in [0.2, 0.25) is 0 Å². The molecular weight excluding hydrogens is 252 g/mol. The summed E-state index contributed by atoms with van der Waals surface area (Å²) in [6, 6.07) is 2.49. The second-order valence-corrected chi connectivity index (χ2v) is 5.76. The zero-order valence-corrected chi connectivity index (χ0v) is 13.6. The molecule has 0 saturated carbocycles. The van der Waals surface area contributed by atoms with Gasteiger partial charge in [-0.3, -0.25) is 4.90 Å². The fourth-order valence-corrected chi connectivity index (χ4v) is 2.28. The van der Waals surface area contributed by atoms with E-state index < -0.39 is 0 Å². The molecule has 0 radical (unpaired) electrons. The first-order chi connectivity index (χ1) is 9.58. The normalized spacial score (nSPS) is 13.3. The van der Waals surface area contributed by atoms with Crippen LogP contribution in [0.2, 0.25) is 0 Å². The number of ether oxygens (including phenoxy) is 1. The summed E-state index contributed by atoms with van der Waals surface area (Å²) in [7, 11) is 1.75. The highest BCUT2D eigenvalue weighted by atomic mass is 16.5. The molecule has 4 nitrogen and oxygen atoms in total. The van der Waals surface area contributed by atoms with Crippen LogP contribution in [0.15, 0.2) is 16.7 Å². The molecule has 1 heterocycles. The Labute approximate surface area is 123 Å². The minimum atomic E-state index is 0.413. The molecule has 20 heavy (non-hydrogen) atoms. The fourth-order valence-electron chi connectivity index (χ4n) is 2.28. The summed E-state index contributed by atoms with van der Waals surface area (Å²) in [5.41, 5.74) is 1.27. The minimum Gasteiger partial charge on any atom is -0.468 e. The van der Waals surface area contributed by atoms with E-state index >= 15 is 0 Å². The van der Waals surface area contributed by atoms with Crippen LogP contribution in [0, 0.1) is 5.92 Å². The molecule has 1 N–H and O–H groups in total. The van der Waals surface area contributed by atoms with E-state index in [2.05, 4.69) is 44.0 Å². The van der Waals surface area contributed by atoms with Gasteiger partial charge in [0.25, 0.3) is 0 Å². The molecule has 0 aliphatic carbocycles. The number of hydrogen-bond donors (Lipinski definition) is 1. The van der Waals surface area contributed by atoms with E-state index in [4.69, 9.17) is 9.15 Å². The minimum absolute atomic E-state index is 0.413. The Morgan fingerprint density at radius 3 is 2.70 bits per heavy atom. The lowest BCUT2D eigenvalue weighted by atomic mass is 10.2. The van der Waals surface area contributed by atoms with Crippen LogP contribution >= 0.6 is 0 Å². The lowest BCUT2D eigenvalue weighted by Gasteiger charge is -2.27. The number of nitrogens with zero attached hydrogens (tertiary/aromatic N) is 1. The zero-order valence-electron chi connectivity index (χ0n) is 13.6. The summed E-state index contributed by atoms with van der Waals surface area (Å²) in [4.78, 5) is 2.40. The molecule has 4 heteroatoms. The molecule has 0 aliphatic heterocycles. The van der Waals surface area contributed by atoms with E-state index in [1.165, 1.54) is 5.56 Å². The second kappa shape index (κ2) is 9.16. The molecule has 0 amide bonds. The Morgan fingerprint density at radius 1 is 1.35 bits per heavy atom. The van der Waals surface area contributed by atoms with Gasteiger partial charge in [0.1, 0.15) is 5.76 Å². The van der Waals surface area contributed by atoms with Crippen molar-refractivity contribution < 1.29 is 9.15 Å². The van der Waals surface area contributed by atoms with Crippen LogP contribution in [0.25, 0.3) is 0 Å². The Hall–Kier alpha value is -0.840. The summed E-state index contributed by atoms with van der Waals surface area (Å²) >= 11 is 0. The third kappa shape index (κ3) is 5.65. The zero-order chi connectivity index (χ0) is 15.0. The molecule has 0 fully saturated rings. The average Bonchev–Trinajstić information content (AvgIpc) is 2.83. The monoisotopic (exact) mass is 282 g/mol. The van der Waals surface area contributed by atoms with E-state index in [1.807, 2.05) is 0 Å². The maximum absolute atomic E-state index is 5.61. The molecule has 1 aromatic rings. The van der Waals surface area contributed by atoms with Crippen molar-refractivity contribution in [3.8, 4) is 0 Å². The predicted molar refractivity (Wildman–Crippen MR) is 82.7 cm³/mol. The van der Waals surface area contributed by atoms with Crippen LogP contribution in [0.5, 0.6) is 0 Å². The van der Waals surface area contributed by atoms with Gasteiger partial charge in [-0.15, -0.1) is 0 Å². The lowest BCUT2D eigenvalue weighted by Crippen LogP contribution is -2.35. The smallest absolute Gasteiger partial charge is 0.122 e. The first-order valence-electron chi connectivity index (χ1n) is 7.57. The Kier molecular flexibility index (Phi) is 7.88. The first kappa shape index (κ1) is 17.2. The molecule has 1 atom stereocenters. The van der Waals surface area contributed by atoms with Crippen LogP contribution < -0.4 is 5.32 Å². The van der Waals surface area contributed by atoms with Crippen LogP contribution in [0.3, 0.4) is 0 Å². The molecule has 0 saturated heterocycles. The van der Waals surface area contributed by atoms with Crippen LogP contribution in [-0.4, -0.2) is 37.7 Å². The number of nitrogens with one attached hydrogen (secondary N) is 1. The van der Waals surface area contributed by atoms with E-state index in [0.717, 1.165) is 38.5 Å². The largest absolute Gasteiger partial charge is 0.468 e. The summed E-state index contributed by atoms with van der Waals surface area (Å²) < 4.78 is 10.9. The summed E-state index contributed by atoms with van der Waals surface area (Å²) in [5.74, 6) is 1.70. The van der Waals surface area contributed by atoms with Crippen molar-refractivity contribution in [2.45, 2.75) is 46.8 Å². The number of methoxy groups -OCH3 is 1. The summed E-state index contributed by atoms with van der Waals surface area (Å²) in [6.07, 6.45) is 1.79. The van der Waals surface area contributed by atoms with Gasteiger partial charge in [0.05, 0.1) is 19.4 Å². The van der Waals surface area contributed by atoms with Gasteiger partial charge in [0, 0.05) is 25.3 Å². The van der Waals surface area contributed by atoms with Crippen molar-refractivity contribution in [1.29, 1.82) is 0 Å². The maximum atomic E-state index is 5.61. The molecule has 0 aliphatic rings. The van der Waals surface area contributed by atoms with Gasteiger partial charge < -0.3 is 14.5 Å². The van der Waals surface area contributed by atoms with Gasteiger partial charge in [-0.2, -0.15) is 0 Å². The number of furan rings is 1. The van der Waals surface area contributed by atoms with Gasteiger partial charge in [-0.05, 0) is 32.0 Å². The third-order valence-electron chi connectivity index (χ3n) is 3.49. The Bertz CT molecular complexity index is 363.